The summed E-state index contributed by atoms with van der Waals surface area (Å²) in [6, 6.07) is 76.5. The second kappa shape index (κ2) is 11.9. The van der Waals surface area contributed by atoms with E-state index in [1.54, 1.807) is 0 Å². The summed E-state index contributed by atoms with van der Waals surface area (Å²) in [5.41, 5.74) is 14.4. The second-order valence-corrected chi connectivity index (χ2v) is 16.6. The fraction of sp³-hybridized carbons (Fsp3) is 0.0182. The smallest absolute Gasteiger partial charge is 0.0803 e. The molecule has 0 aliphatic heterocycles. The summed E-state index contributed by atoms with van der Waals surface area (Å²) in [5, 5.41) is 7.79. The quantitative estimate of drug-likeness (QED) is 0.169. The third-order valence-corrected chi connectivity index (χ3v) is 13.9. The highest BCUT2D eigenvalue weighted by molar-refractivity contribution is 7.27. The Morgan fingerprint density at radius 2 is 0.879 bits per heavy atom. The molecular formula is C55H34N2S. The van der Waals surface area contributed by atoms with Crippen molar-refractivity contribution in [2.75, 3.05) is 0 Å². The van der Waals surface area contributed by atoms with Gasteiger partial charge in [0.15, 0.2) is 0 Å². The largest absolute Gasteiger partial charge is 0.307 e. The van der Waals surface area contributed by atoms with Gasteiger partial charge in [0.1, 0.15) is 0 Å². The predicted octanol–water partition coefficient (Wildman–Crippen LogP) is 14.6. The lowest BCUT2D eigenvalue weighted by molar-refractivity contribution is 0.767. The van der Waals surface area contributed by atoms with Gasteiger partial charge in [-0.25, -0.2) is 0 Å². The Hall–Kier alpha value is -7.20. The monoisotopic (exact) mass is 754 g/mol. The molecule has 0 amide bonds. The minimum Gasteiger partial charge on any atom is -0.307 e. The molecule has 3 heteroatoms. The Morgan fingerprint density at radius 3 is 1.59 bits per heavy atom. The maximum Gasteiger partial charge on any atom is 0.0803 e. The van der Waals surface area contributed by atoms with Crippen molar-refractivity contribution in [2.45, 2.75) is 5.41 Å². The number of thiophene rings is 1. The van der Waals surface area contributed by atoms with Crippen LogP contribution in [-0.4, -0.2) is 9.13 Å². The van der Waals surface area contributed by atoms with Crippen molar-refractivity contribution in [1.82, 2.24) is 9.13 Å². The molecule has 3 heterocycles. The van der Waals surface area contributed by atoms with Crippen LogP contribution in [0.3, 0.4) is 0 Å². The number of hydrogen-bond donors (Lipinski definition) is 0. The summed E-state index contributed by atoms with van der Waals surface area (Å²) in [5.74, 6) is 0. The number of hydrogen-bond acceptors (Lipinski definition) is 1. The van der Waals surface area contributed by atoms with Crippen molar-refractivity contribution in [1.29, 1.82) is 0 Å². The molecule has 0 fully saturated rings. The first kappa shape index (κ1) is 31.9. The molecule has 0 atom stereocenters. The van der Waals surface area contributed by atoms with Crippen LogP contribution in [0.25, 0.3) is 86.3 Å². The molecule has 1 aliphatic carbocycles. The van der Waals surface area contributed by atoms with E-state index in [-0.39, 0.29) is 0 Å². The van der Waals surface area contributed by atoms with Gasteiger partial charge in [-0.3, -0.25) is 0 Å². The molecule has 270 valence electrons. The topological polar surface area (TPSA) is 9.86 Å². The molecule has 1 aliphatic rings. The van der Waals surface area contributed by atoms with Gasteiger partial charge in [-0.2, -0.15) is 0 Å². The van der Waals surface area contributed by atoms with E-state index in [1.807, 2.05) is 11.3 Å². The lowest BCUT2D eigenvalue weighted by Crippen LogP contribution is -2.28. The summed E-state index contributed by atoms with van der Waals surface area (Å²) in [4.78, 5) is 0. The number of fused-ring (bicyclic) bond motifs is 15. The van der Waals surface area contributed by atoms with Crippen LogP contribution in [0.2, 0.25) is 0 Å². The van der Waals surface area contributed by atoms with Crippen LogP contribution in [0, 0.1) is 0 Å². The molecule has 9 aromatic carbocycles. The first-order chi connectivity index (χ1) is 28.8. The Morgan fingerprint density at radius 1 is 0.362 bits per heavy atom. The first-order valence-electron chi connectivity index (χ1n) is 20.0. The molecule has 0 saturated heterocycles. The van der Waals surface area contributed by atoms with Crippen molar-refractivity contribution in [3.05, 3.63) is 229 Å². The standard InChI is InChI=1S/C55H34N2S/c1-4-18-35(19-5-1)55(36-20-6-2-7-21-36)44-28-14-10-24-39(44)40-33-32-38(34-45(40)55)57-46-29-15-11-25-41(46)49-50-43-27-13-17-31-48(43)58-54(50)51-42-26-12-16-30-47(42)56(53(51)52(49)57)37-22-8-3-9-23-37/h1-34H. The molecule has 58 heavy (non-hydrogen) atoms. The van der Waals surface area contributed by atoms with Gasteiger partial charge in [0.05, 0.1) is 27.5 Å². The first-order valence-corrected chi connectivity index (χ1v) is 20.8. The number of benzene rings is 9. The predicted molar refractivity (Wildman–Crippen MR) is 245 cm³/mol. The molecule has 0 saturated carbocycles. The van der Waals surface area contributed by atoms with Gasteiger partial charge in [0, 0.05) is 53.1 Å². The zero-order chi connectivity index (χ0) is 38.0. The normalized spacial score (nSPS) is 13.3. The number of para-hydroxylation sites is 3. The molecule has 13 rings (SSSR count). The second-order valence-electron chi connectivity index (χ2n) is 15.5. The van der Waals surface area contributed by atoms with Crippen molar-refractivity contribution < 1.29 is 0 Å². The third kappa shape index (κ3) is 4.06. The summed E-state index contributed by atoms with van der Waals surface area (Å²) in [6.07, 6.45) is 0. The van der Waals surface area contributed by atoms with Crippen LogP contribution < -0.4 is 0 Å². The molecule has 12 aromatic rings. The summed E-state index contributed by atoms with van der Waals surface area (Å²) in [7, 11) is 0. The zero-order valence-electron chi connectivity index (χ0n) is 31.4. The van der Waals surface area contributed by atoms with Gasteiger partial charge < -0.3 is 9.13 Å². The molecule has 0 unspecified atom stereocenters. The highest BCUT2D eigenvalue weighted by atomic mass is 32.1. The average Bonchev–Trinajstić information content (AvgIpc) is 4.03. The maximum atomic E-state index is 2.58. The fourth-order valence-electron chi connectivity index (χ4n) is 10.6. The van der Waals surface area contributed by atoms with Gasteiger partial charge in [-0.1, -0.05) is 164 Å². The van der Waals surface area contributed by atoms with Crippen LogP contribution in [0.5, 0.6) is 0 Å². The minimum absolute atomic E-state index is 0.506. The van der Waals surface area contributed by atoms with Gasteiger partial charge >= 0.3 is 0 Å². The molecule has 0 N–H and O–H groups in total. The van der Waals surface area contributed by atoms with E-state index in [0.29, 0.717) is 0 Å². The van der Waals surface area contributed by atoms with Crippen molar-refractivity contribution >= 4 is 75.1 Å². The van der Waals surface area contributed by atoms with Gasteiger partial charge in [-0.05, 0) is 75.8 Å². The van der Waals surface area contributed by atoms with Crippen LogP contribution in [0.1, 0.15) is 22.3 Å². The molecule has 0 spiro atoms. The Balaban J connectivity index is 1.26. The fourth-order valence-corrected chi connectivity index (χ4v) is 11.8. The van der Waals surface area contributed by atoms with E-state index in [0.717, 1.165) is 11.4 Å². The number of rotatable bonds is 4. The van der Waals surface area contributed by atoms with Crippen LogP contribution >= 0.6 is 11.3 Å². The van der Waals surface area contributed by atoms with Crippen LogP contribution in [-0.2, 0) is 5.41 Å². The van der Waals surface area contributed by atoms with Crippen molar-refractivity contribution in [3.63, 3.8) is 0 Å². The number of aromatic nitrogens is 2. The zero-order valence-corrected chi connectivity index (χ0v) is 32.2. The average molecular weight is 755 g/mol. The van der Waals surface area contributed by atoms with Crippen molar-refractivity contribution in [3.8, 4) is 22.5 Å². The lowest BCUT2D eigenvalue weighted by Gasteiger charge is -2.34. The summed E-state index contributed by atoms with van der Waals surface area (Å²) in [6.45, 7) is 0. The van der Waals surface area contributed by atoms with E-state index in [1.165, 1.54) is 97.2 Å². The molecular weight excluding hydrogens is 721 g/mol. The van der Waals surface area contributed by atoms with Crippen molar-refractivity contribution in [2.24, 2.45) is 0 Å². The molecule has 0 bridgehead atoms. The Kier molecular flexibility index (Phi) is 6.56. The molecule has 0 radical (unpaired) electrons. The van der Waals surface area contributed by atoms with Crippen LogP contribution in [0.4, 0.5) is 0 Å². The third-order valence-electron chi connectivity index (χ3n) is 12.8. The van der Waals surface area contributed by atoms with E-state index >= 15 is 0 Å². The van der Waals surface area contributed by atoms with Crippen LogP contribution in [0.15, 0.2) is 206 Å². The Bertz CT molecular complexity index is 3570. The highest BCUT2D eigenvalue weighted by Gasteiger charge is 2.46. The highest BCUT2D eigenvalue weighted by Crippen LogP contribution is 2.57. The van der Waals surface area contributed by atoms with E-state index < -0.39 is 5.41 Å². The minimum atomic E-state index is -0.506. The van der Waals surface area contributed by atoms with Gasteiger partial charge in [0.2, 0.25) is 0 Å². The lowest BCUT2D eigenvalue weighted by atomic mass is 9.67. The van der Waals surface area contributed by atoms with Gasteiger partial charge in [0.25, 0.3) is 0 Å². The number of nitrogens with zero attached hydrogens (tertiary/aromatic N) is 2. The maximum absolute atomic E-state index is 2.58. The molecule has 3 aromatic heterocycles. The summed E-state index contributed by atoms with van der Waals surface area (Å²) < 4.78 is 7.76. The summed E-state index contributed by atoms with van der Waals surface area (Å²) >= 11 is 1.92. The van der Waals surface area contributed by atoms with E-state index in [4.69, 9.17) is 0 Å². The van der Waals surface area contributed by atoms with Gasteiger partial charge in [-0.15, -0.1) is 11.3 Å². The SMILES string of the molecule is c1ccc(-n2c3ccccc3c3c4sc5ccccc5c4c4c5ccccc5n(-c5ccc6c(c5)C(c5ccccc5)(c5ccccc5)c5ccccc5-6)c4c32)cc1. The van der Waals surface area contributed by atoms with E-state index in [9.17, 15) is 0 Å². The Labute approximate surface area is 339 Å². The van der Waals surface area contributed by atoms with E-state index in [2.05, 4.69) is 215 Å². The molecule has 2 nitrogen and oxygen atoms in total.